The van der Waals surface area contributed by atoms with E-state index >= 15 is 0 Å². The van der Waals surface area contributed by atoms with Crippen molar-refractivity contribution >= 4 is 5.91 Å². The van der Waals surface area contributed by atoms with Gasteiger partial charge in [0.2, 0.25) is 0 Å². The number of carbonyl (C=O) groups excluding carboxylic acids is 1. The number of halogens is 3. The van der Waals surface area contributed by atoms with Crippen LogP contribution < -0.4 is 5.01 Å². The molecule has 0 fully saturated rings. The largest absolute Gasteiger partial charge is 0.472 e. The third-order valence-electron chi connectivity index (χ3n) is 1.81. The first kappa shape index (κ1) is 11.7. The van der Waals surface area contributed by atoms with E-state index in [-0.39, 0.29) is 0 Å². The van der Waals surface area contributed by atoms with Gasteiger partial charge in [-0.25, -0.2) is 5.01 Å². The van der Waals surface area contributed by atoms with Crippen LogP contribution in [0.15, 0.2) is 24.8 Å². The van der Waals surface area contributed by atoms with E-state index in [2.05, 4.69) is 0 Å². The Kier molecular flexibility index (Phi) is 3.15. The molecule has 0 spiro atoms. The number of quaternary nitrogens is 1. The Morgan fingerprint density at radius 2 is 1.73 bits per heavy atom. The summed E-state index contributed by atoms with van der Waals surface area (Å²) in [7, 11) is 3.51. The van der Waals surface area contributed by atoms with Crippen LogP contribution in [0, 0.1) is 0 Å². The highest BCUT2D eigenvalue weighted by Crippen LogP contribution is 2.18. The summed E-state index contributed by atoms with van der Waals surface area (Å²) in [5.41, 5.74) is 0. The summed E-state index contributed by atoms with van der Waals surface area (Å²) in [6, 6.07) is 0. The molecule has 1 heterocycles. The van der Waals surface area contributed by atoms with Crippen molar-refractivity contribution in [2.75, 3.05) is 14.1 Å². The molecule has 1 rings (SSSR count). The molecule has 7 heteroatoms. The van der Waals surface area contributed by atoms with Gasteiger partial charge in [-0.15, -0.1) is 0 Å². The maximum Gasteiger partial charge on any atom is 0.472 e. The molecule has 0 aromatic carbocycles. The van der Waals surface area contributed by atoms with Gasteiger partial charge in [-0.2, -0.15) is 18.2 Å². The minimum atomic E-state index is -4.84. The van der Waals surface area contributed by atoms with Gasteiger partial charge >= 0.3 is 12.1 Å². The van der Waals surface area contributed by atoms with Gasteiger partial charge < -0.3 is 0 Å². The van der Waals surface area contributed by atoms with Crippen LogP contribution in [-0.2, 0) is 4.79 Å². The fraction of sp³-hybridized carbons (Fsp3) is 0.375. The number of hydrogen-bond donors (Lipinski definition) is 1. The summed E-state index contributed by atoms with van der Waals surface area (Å²) in [5, 5.41) is 2.45. The normalized spacial score (nSPS) is 17.6. The molecule has 0 bridgehead atoms. The Morgan fingerprint density at radius 1 is 1.27 bits per heavy atom. The lowest BCUT2D eigenvalue weighted by atomic mass is 10.5. The van der Waals surface area contributed by atoms with Gasteiger partial charge in [-0.05, 0) is 0 Å². The molecule has 0 saturated carbocycles. The second-order valence-electron chi connectivity index (χ2n) is 3.16. The van der Waals surface area contributed by atoms with Gasteiger partial charge in [-0.3, -0.25) is 9.69 Å². The zero-order valence-corrected chi connectivity index (χ0v) is 8.25. The number of amides is 1. The van der Waals surface area contributed by atoms with Gasteiger partial charge in [0, 0.05) is 14.1 Å². The molecular formula is C8H11F3N3O+. The first-order valence-electron chi connectivity index (χ1n) is 4.12. The minimum Gasteiger partial charge on any atom is -0.276 e. The summed E-state index contributed by atoms with van der Waals surface area (Å²) in [5.74, 6) is -1.90. The van der Waals surface area contributed by atoms with E-state index in [0.29, 0.717) is 4.90 Å². The molecule has 15 heavy (non-hydrogen) atoms. The maximum absolute atomic E-state index is 12.0. The SMILES string of the molecule is CN(C)[NH+]1C=CN(C(=O)C(F)(F)F)C=C1. The maximum atomic E-state index is 12.0. The molecule has 1 N–H and O–H groups in total. The van der Waals surface area contributed by atoms with Gasteiger partial charge in [-0.1, -0.05) is 0 Å². The Morgan fingerprint density at radius 3 is 2.07 bits per heavy atom. The fourth-order valence-corrected chi connectivity index (χ4v) is 0.999. The molecule has 84 valence electrons. The minimum absolute atomic E-state index is 0.507. The van der Waals surface area contributed by atoms with Crippen LogP contribution in [0.4, 0.5) is 13.2 Å². The molecule has 4 nitrogen and oxygen atoms in total. The van der Waals surface area contributed by atoms with E-state index in [1.54, 1.807) is 19.1 Å². The smallest absolute Gasteiger partial charge is 0.276 e. The fourth-order valence-electron chi connectivity index (χ4n) is 0.999. The lowest BCUT2D eigenvalue weighted by Crippen LogP contribution is -3.09. The first-order chi connectivity index (χ1) is 6.82. The van der Waals surface area contributed by atoms with Crippen molar-refractivity contribution < 1.29 is 23.0 Å². The molecule has 1 aliphatic heterocycles. The zero-order chi connectivity index (χ0) is 11.6. The standard InChI is InChI=1S/C8H10F3N3O/c1-12(2)14-5-3-13(4-6-14)7(15)8(9,10)11/h3-6H,1-2H3/p+1. The van der Waals surface area contributed by atoms with Crippen molar-refractivity contribution in [2.24, 2.45) is 0 Å². The number of rotatable bonds is 1. The van der Waals surface area contributed by atoms with Crippen LogP contribution in [0.3, 0.4) is 0 Å². The highest BCUT2D eigenvalue weighted by molar-refractivity contribution is 5.83. The van der Waals surface area contributed by atoms with Crippen molar-refractivity contribution in [2.45, 2.75) is 6.18 Å². The average molecular weight is 222 g/mol. The topological polar surface area (TPSA) is 28.0 Å². The van der Waals surface area contributed by atoms with Crippen molar-refractivity contribution in [1.82, 2.24) is 9.91 Å². The van der Waals surface area contributed by atoms with Crippen LogP contribution in [0.5, 0.6) is 0 Å². The number of carbonyl (C=O) groups is 1. The summed E-state index contributed by atoms with van der Waals surface area (Å²) >= 11 is 0. The Balaban J connectivity index is 2.69. The molecule has 0 aromatic rings. The monoisotopic (exact) mass is 222 g/mol. The molecule has 0 aromatic heterocycles. The van der Waals surface area contributed by atoms with Crippen molar-refractivity contribution in [3.05, 3.63) is 24.8 Å². The third-order valence-corrected chi connectivity index (χ3v) is 1.81. The Labute approximate surface area is 84.8 Å². The molecule has 0 aliphatic carbocycles. The summed E-state index contributed by atoms with van der Waals surface area (Å²) in [6.07, 6.45) is 0.202. The summed E-state index contributed by atoms with van der Waals surface area (Å²) in [4.78, 5) is 11.3. The summed E-state index contributed by atoms with van der Waals surface area (Å²) < 4.78 is 36.0. The summed E-state index contributed by atoms with van der Waals surface area (Å²) in [6.45, 7) is 0. The highest BCUT2D eigenvalue weighted by Gasteiger charge is 2.42. The van der Waals surface area contributed by atoms with Crippen LogP contribution in [0.25, 0.3) is 0 Å². The number of hydrogen-bond acceptors (Lipinski definition) is 2. The Bertz CT molecular complexity index is 295. The number of alkyl halides is 3. The second kappa shape index (κ2) is 4.03. The third kappa shape index (κ3) is 2.80. The number of nitrogens with zero attached hydrogens (tertiary/aromatic N) is 2. The van der Waals surface area contributed by atoms with Gasteiger partial charge in [0.05, 0.1) is 12.4 Å². The first-order valence-corrected chi connectivity index (χ1v) is 4.12. The van der Waals surface area contributed by atoms with E-state index in [9.17, 15) is 18.0 Å². The quantitative estimate of drug-likeness (QED) is 0.659. The predicted molar refractivity (Wildman–Crippen MR) is 45.8 cm³/mol. The molecule has 1 amide bonds. The van der Waals surface area contributed by atoms with Gasteiger partial charge in [0.1, 0.15) is 12.4 Å². The van der Waals surface area contributed by atoms with Crippen LogP contribution in [0.1, 0.15) is 0 Å². The van der Waals surface area contributed by atoms with Gasteiger partial charge in [0.15, 0.2) is 0 Å². The van der Waals surface area contributed by atoms with Crippen LogP contribution >= 0.6 is 0 Å². The van der Waals surface area contributed by atoms with Crippen molar-refractivity contribution in [1.29, 1.82) is 0 Å². The highest BCUT2D eigenvalue weighted by atomic mass is 19.4. The van der Waals surface area contributed by atoms with Crippen LogP contribution in [-0.4, -0.2) is 36.1 Å². The lowest BCUT2D eigenvalue weighted by molar-refractivity contribution is -0.917. The zero-order valence-electron chi connectivity index (χ0n) is 8.25. The molecule has 0 atom stereocenters. The average Bonchev–Trinajstić information content (AvgIpc) is 2.15. The van der Waals surface area contributed by atoms with E-state index in [1.807, 2.05) is 0 Å². The second-order valence-corrected chi connectivity index (χ2v) is 3.16. The molecule has 0 radical (unpaired) electrons. The van der Waals surface area contributed by atoms with Crippen molar-refractivity contribution in [3.8, 4) is 0 Å². The van der Waals surface area contributed by atoms with Crippen molar-refractivity contribution in [3.63, 3.8) is 0 Å². The molecule has 0 saturated heterocycles. The number of nitrogens with one attached hydrogen (secondary N) is 1. The predicted octanol–water partition coefficient (Wildman–Crippen LogP) is -0.305. The van der Waals surface area contributed by atoms with E-state index < -0.39 is 12.1 Å². The van der Waals surface area contributed by atoms with Gasteiger partial charge in [0.25, 0.3) is 0 Å². The van der Waals surface area contributed by atoms with E-state index in [0.717, 1.165) is 17.4 Å². The van der Waals surface area contributed by atoms with Crippen LogP contribution in [0.2, 0.25) is 0 Å². The molecule has 0 unspecified atom stereocenters. The van der Waals surface area contributed by atoms with E-state index in [4.69, 9.17) is 0 Å². The Hall–Kier alpha value is -1.34. The van der Waals surface area contributed by atoms with E-state index in [1.165, 1.54) is 12.4 Å². The lowest BCUT2D eigenvalue weighted by Gasteiger charge is -2.23. The molecular weight excluding hydrogens is 211 g/mol. The molecule has 1 aliphatic rings.